The quantitative estimate of drug-likeness (QED) is 0.843. The third-order valence-electron chi connectivity index (χ3n) is 3.39. The molecule has 0 aliphatic carbocycles. The van der Waals surface area contributed by atoms with E-state index < -0.39 is 5.60 Å². The number of carbonyl (C=O) groups excluding carboxylic acids is 1. The molecule has 1 aromatic carbocycles. The van der Waals surface area contributed by atoms with Gasteiger partial charge in [0.1, 0.15) is 5.60 Å². The molecule has 0 saturated carbocycles. The van der Waals surface area contributed by atoms with E-state index in [0.29, 0.717) is 12.5 Å². The number of carbonyl (C=O) groups is 1. The molecule has 0 bridgehead atoms. The van der Waals surface area contributed by atoms with E-state index in [9.17, 15) is 4.79 Å². The minimum atomic E-state index is -0.503. The fraction of sp³-hybridized carbons (Fsp3) is 0.611. The van der Waals surface area contributed by atoms with Crippen molar-refractivity contribution in [3.05, 3.63) is 35.9 Å². The van der Waals surface area contributed by atoms with Crippen LogP contribution in [0.15, 0.2) is 30.3 Å². The molecule has 0 saturated heterocycles. The molecule has 1 aromatic rings. The van der Waals surface area contributed by atoms with Crippen molar-refractivity contribution in [1.29, 1.82) is 0 Å². The number of amides is 1. The number of alkyl carbamates (subject to hydrolysis) is 1. The van der Waals surface area contributed by atoms with E-state index in [1.807, 2.05) is 39.0 Å². The van der Waals surface area contributed by atoms with E-state index in [-0.39, 0.29) is 18.1 Å². The first-order chi connectivity index (χ1) is 10.2. The highest BCUT2D eigenvalue weighted by Crippen LogP contribution is 2.23. The molecule has 2 atom stereocenters. The van der Waals surface area contributed by atoms with Crippen molar-refractivity contribution in [2.24, 2.45) is 11.7 Å². The van der Waals surface area contributed by atoms with Gasteiger partial charge in [-0.2, -0.15) is 0 Å². The van der Waals surface area contributed by atoms with Crippen molar-refractivity contribution in [2.75, 3.05) is 6.54 Å². The molecular formula is C18H30N2O2. The van der Waals surface area contributed by atoms with Crippen molar-refractivity contribution in [2.45, 2.75) is 58.6 Å². The van der Waals surface area contributed by atoms with Gasteiger partial charge in [0.15, 0.2) is 0 Å². The van der Waals surface area contributed by atoms with E-state index in [1.165, 1.54) is 0 Å². The van der Waals surface area contributed by atoms with Crippen molar-refractivity contribution in [3.63, 3.8) is 0 Å². The number of nitrogens with one attached hydrogen (secondary N) is 1. The van der Waals surface area contributed by atoms with Crippen LogP contribution in [-0.2, 0) is 4.74 Å². The summed E-state index contributed by atoms with van der Waals surface area (Å²) in [5, 5.41) is 3.01. The largest absolute Gasteiger partial charge is 0.444 e. The first kappa shape index (κ1) is 18.5. The maximum absolute atomic E-state index is 12.1. The number of ether oxygens (including phenoxy) is 1. The minimum Gasteiger partial charge on any atom is -0.444 e. The smallest absolute Gasteiger partial charge is 0.407 e. The molecule has 0 aliphatic heterocycles. The zero-order valence-corrected chi connectivity index (χ0v) is 14.4. The van der Waals surface area contributed by atoms with Gasteiger partial charge in [-0.3, -0.25) is 0 Å². The summed E-state index contributed by atoms with van der Waals surface area (Å²) in [5.41, 5.74) is 6.63. The summed E-state index contributed by atoms with van der Waals surface area (Å²) in [6.45, 7) is 10.4. The SMILES string of the molecule is CC(C)CC(NC(=O)OC(C)(C)C)C(CN)c1ccccc1. The standard InChI is InChI=1S/C18H30N2O2/c1-13(2)11-16(20-17(21)22-18(3,4)5)15(12-19)14-9-7-6-8-10-14/h6-10,13,15-16H,11-12,19H2,1-5H3,(H,20,21). The van der Waals surface area contributed by atoms with Crippen LogP contribution < -0.4 is 11.1 Å². The molecule has 4 heteroatoms. The molecular weight excluding hydrogens is 276 g/mol. The van der Waals surface area contributed by atoms with E-state index >= 15 is 0 Å². The summed E-state index contributed by atoms with van der Waals surface area (Å²) in [5.74, 6) is 0.536. The fourth-order valence-corrected chi connectivity index (χ4v) is 2.52. The normalized spacial score (nSPS) is 14.5. The van der Waals surface area contributed by atoms with E-state index in [1.54, 1.807) is 0 Å². The second-order valence-electron chi connectivity index (χ2n) is 7.14. The van der Waals surface area contributed by atoms with Crippen molar-refractivity contribution < 1.29 is 9.53 Å². The van der Waals surface area contributed by atoms with E-state index in [4.69, 9.17) is 10.5 Å². The molecule has 0 aromatic heterocycles. The Bertz CT molecular complexity index is 452. The zero-order valence-electron chi connectivity index (χ0n) is 14.4. The highest BCUT2D eigenvalue weighted by molar-refractivity contribution is 5.68. The van der Waals surface area contributed by atoms with Crippen molar-refractivity contribution in [3.8, 4) is 0 Å². The van der Waals surface area contributed by atoms with Gasteiger partial charge >= 0.3 is 6.09 Å². The van der Waals surface area contributed by atoms with E-state index in [0.717, 1.165) is 12.0 Å². The third kappa shape index (κ3) is 6.48. The van der Waals surface area contributed by atoms with Crippen LogP contribution in [0.1, 0.15) is 52.5 Å². The number of benzene rings is 1. The van der Waals surface area contributed by atoms with Crippen LogP contribution in [-0.4, -0.2) is 24.3 Å². The zero-order chi connectivity index (χ0) is 16.8. The molecule has 0 aliphatic rings. The molecule has 124 valence electrons. The number of nitrogens with two attached hydrogens (primary N) is 1. The predicted molar refractivity (Wildman–Crippen MR) is 90.9 cm³/mol. The summed E-state index contributed by atoms with van der Waals surface area (Å²) >= 11 is 0. The molecule has 0 fully saturated rings. The Morgan fingerprint density at radius 2 is 1.82 bits per heavy atom. The molecule has 1 amide bonds. The maximum atomic E-state index is 12.1. The molecule has 0 radical (unpaired) electrons. The first-order valence-electron chi connectivity index (χ1n) is 7.97. The second kappa shape index (κ2) is 8.18. The Hall–Kier alpha value is -1.55. The number of rotatable bonds is 6. The van der Waals surface area contributed by atoms with Crippen LogP contribution in [0.5, 0.6) is 0 Å². The van der Waals surface area contributed by atoms with Crippen molar-refractivity contribution in [1.82, 2.24) is 5.32 Å². The summed E-state index contributed by atoms with van der Waals surface area (Å²) in [7, 11) is 0. The monoisotopic (exact) mass is 306 g/mol. The Kier molecular flexibility index (Phi) is 6.88. The summed E-state index contributed by atoms with van der Waals surface area (Å²) in [6.07, 6.45) is 0.475. The van der Waals surface area contributed by atoms with Crippen molar-refractivity contribution >= 4 is 6.09 Å². The number of hydrogen-bond acceptors (Lipinski definition) is 3. The Balaban J connectivity index is 2.88. The van der Waals surface area contributed by atoms with Crippen LogP contribution in [0.25, 0.3) is 0 Å². The topological polar surface area (TPSA) is 64.3 Å². The van der Waals surface area contributed by atoms with Crippen LogP contribution >= 0.6 is 0 Å². The molecule has 4 nitrogen and oxygen atoms in total. The van der Waals surface area contributed by atoms with Gasteiger partial charge in [-0.15, -0.1) is 0 Å². The molecule has 0 spiro atoms. The maximum Gasteiger partial charge on any atom is 0.407 e. The molecule has 0 heterocycles. The fourth-order valence-electron chi connectivity index (χ4n) is 2.52. The summed E-state index contributed by atoms with van der Waals surface area (Å²) in [6, 6.07) is 10.1. The summed E-state index contributed by atoms with van der Waals surface area (Å²) in [4.78, 5) is 12.1. The highest BCUT2D eigenvalue weighted by Gasteiger charge is 2.26. The predicted octanol–water partition coefficient (Wildman–Crippen LogP) is 3.67. The van der Waals surface area contributed by atoms with Crippen LogP contribution in [0.3, 0.4) is 0 Å². The summed E-state index contributed by atoms with van der Waals surface area (Å²) < 4.78 is 5.39. The first-order valence-corrected chi connectivity index (χ1v) is 7.97. The molecule has 1 rings (SSSR count). The second-order valence-corrected chi connectivity index (χ2v) is 7.14. The van der Waals surface area contributed by atoms with Gasteiger partial charge in [0.25, 0.3) is 0 Å². The van der Waals surface area contributed by atoms with Crippen LogP contribution in [0.2, 0.25) is 0 Å². The Morgan fingerprint density at radius 3 is 2.27 bits per heavy atom. The lowest BCUT2D eigenvalue weighted by molar-refractivity contribution is 0.0490. The highest BCUT2D eigenvalue weighted by atomic mass is 16.6. The van der Waals surface area contributed by atoms with Gasteiger partial charge in [-0.05, 0) is 38.7 Å². The van der Waals surface area contributed by atoms with Crippen LogP contribution in [0.4, 0.5) is 4.79 Å². The third-order valence-corrected chi connectivity index (χ3v) is 3.39. The Labute approximate surface area is 134 Å². The van der Waals surface area contributed by atoms with E-state index in [2.05, 4.69) is 31.3 Å². The van der Waals surface area contributed by atoms with Gasteiger partial charge in [0.2, 0.25) is 0 Å². The lowest BCUT2D eigenvalue weighted by Crippen LogP contribution is -2.44. The van der Waals surface area contributed by atoms with Gasteiger partial charge in [0, 0.05) is 18.5 Å². The molecule has 22 heavy (non-hydrogen) atoms. The van der Waals surface area contributed by atoms with Gasteiger partial charge in [-0.25, -0.2) is 4.79 Å². The number of hydrogen-bond donors (Lipinski definition) is 2. The van der Waals surface area contributed by atoms with Gasteiger partial charge in [0.05, 0.1) is 0 Å². The average Bonchev–Trinajstić information content (AvgIpc) is 2.37. The lowest BCUT2D eigenvalue weighted by Gasteiger charge is -2.30. The Morgan fingerprint density at radius 1 is 1.23 bits per heavy atom. The lowest BCUT2D eigenvalue weighted by atomic mass is 9.86. The van der Waals surface area contributed by atoms with Gasteiger partial charge < -0.3 is 15.8 Å². The van der Waals surface area contributed by atoms with Gasteiger partial charge in [-0.1, -0.05) is 44.2 Å². The minimum absolute atomic E-state index is 0.0396. The van der Waals surface area contributed by atoms with Crippen LogP contribution in [0, 0.1) is 5.92 Å². The molecule has 3 N–H and O–H groups in total. The molecule has 2 unspecified atom stereocenters. The average molecular weight is 306 g/mol.